The fourth-order valence-corrected chi connectivity index (χ4v) is 4.99. The molecule has 0 aliphatic heterocycles. The quantitative estimate of drug-likeness (QED) is 0.428. The molecule has 0 bridgehead atoms. The van der Waals surface area contributed by atoms with Gasteiger partial charge in [0.1, 0.15) is 11.6 Å². The van der Waals surface area contributed by atoms with E-state index in [1.54, 1.807) is 0 Å². The smallest absolute Gasteiger partial charge is 0.137 e. The minimum Gasteiger partial charge on any atom is -0.207 e. The Labute approximate surface area is 173 Å². The Morgan fingerprint density at radius 1 is 0.759 bits per heavy atom. The fraction of sp³-hybridized carbons (Fsp3) is 0.407. The van der Waals surface area contributed by atoms with Crippen LogP contribution in [0.5, 0.6) is 0 Å². The first-order valence-corrected chi connectivity index (χ1v) is 10.8. The molecule has 0 nitrogen and oxygen atoms in total. The third kappa shape index (κ3) is 4.37. The SMILES string of the molecule is Cc1ccc(CC2CCC(Cc3cc(C)c4c(F)c(C)c(F)cc4c3)CC2)cc1. The third-order valence-corrected chi connectivity index (χ3v) is 6.75. The first kappa shape index (κ1) is 20.1. The number of hydrogen-bond acceptors (Lipinski definition) is 0. The summed E-state index contributed by atoms with van der Waals surface area (Å²) in [5, 5.41) is 1.25. The van der Waals surface area contributed by atoms with Crippen molar-refractivity contribution in [3.63, 3.8) is 0 Å². The standard InChI is InChI=1S/C27H30F2/c1-17-4-6-20(7-5-17)13-21-8-10-22(11-9-21)14-23-12-18(2)26-24(15-23)16-25(28)19(3)27(26)29/h4-7,12,15-16,21-22H,8-11,13-14H2,1-3H3. The van der Waals surface area contributed by atoms with Crippen LogP contribution in [0.3, 0.4) is 0 Å². The van der Waals surface area contributed by atoms with Gasteiger partial charge in [0.25, 0.3) is 0 Å². The lowest BCUT2D eigenvalue weighted by molar-refractivity contribution is 0.272. The molecular formula is C27H30F2. The molecule has 0 unspecified atom stereocenters. The van der Waals surface area contributed by atoms with Gasteiger partial charge >= 0.3 is 0 Å². The van der Waals surface area contributed by atoms with E-state index in [4.69, 9.17) is 0 Å². The van der Waals surface area contributed by atoms with E-state index in [-0.39, 0.29) is 5.56 Å². The summed E-state index contributed by atoms with van der Waals surface area (Å²) in [4.78, 5) is 0. The van der Waals surface area contributed by atoms with E-state index >= 15 is 0 Å². The summed E-state index contributed by atoms with van der Waals surface area (Å²) in [6, 6.07) is 14.5. The second-order valence-electron chi connectivity index (χ2n) is 9.09. The van der Waals surface area contributed by atoms with Crippen molar-refractivity contribution < 1.29 is 8.78 Å². The molecule has 3 aromatic rings. The summed E-state index contributed by atoms with van der Waals surface area (Å²) in [5.74, 6) is 0.573. The highest BCUT2D eigenvalue weighted by Crippen LogP contribution is 2.34. The van der Waals surface area contributed by atoms with Gasteiger partial charge in [-0.3, -0.25) is 0 Å². The molecule has 0 aromatic heterocycles. The first-order chi connectivity index (χ1) is 13.9. The van der Waals surface area contributed by atoms with Gasteiger partial charge in [-0.25, -0.2) is 8.78 Å². The van der Waals surface area contributed by atoms with Crippen molar-refractivity contribution in [2.24, 2.45) is 11.8 Å². The summed E-state index contributed by atoms with van der Waals surface area (Å²) in [5.41, 5.74) is 4.99. The topological polar surface area (TPSA) is 0 Å². The van der Waals surface area contributed by atoms with Crippen LogP contribution in [0, 0.1) is 44.2 Å². The van der Waals surface area contributed by atoms with Gasteiger partial charge in [0.2, 0.25) is 0 Å². The van der Waals surface area contributed by atoms with E-state index in [0.717, 1.165) is 17.9 Å². The number of rotatable bonds is 4. The highest BCUT2D eigenvalue weighted by atomic mass is 19.1. The number of fused-ring (bicyclic) bond motifs is 1. The highest BCUT2D eigenvalue weighted by molar-refractivity contribution is 5.87. The monoisotopic (exact) mass is 392 g/mol. The van der Waals surface area contributed by atoms with Gasteiger partial charge < -0.3 is 0 Å². The van der Waals surface area contributed by atoms with E-state index in [1.165, 1.54) is 61.8 Å². The maximum absolute atomic E-state index is 14.5. The summed E-state index contributed by atoms with van der Waals surface area (Å²) < 4.78 is 28.5. The zero-order chi connectivity index (χ0) is 20.5. The first-order valence-electron chi connectivity index (χ1n) is 10.8. The average molecular weight is 393 g/mol. The van der Waals surface area contributed by atoms with Crippen molar-refractivity contribution in [1.82, 2.24) is 0 Å². The molecule has 0 N–H and O–H groups in total. The zero-order valence-corrected chi connectivity index (χ0v) is 17.7. The molecule has 0 heterocycles. The van der Waals surface area contributed by atoms with Gasteiger partial charge in [0.15, 0.2) is 0 Å². The Kier molecular flexibility index (Phi) is 5.72. The van der Waals surface area contributed by atoms with Gasteiger partial charge in [0, 0.05) is 10.9 Å². The average Bonchev–Trinajstić information content (AvgIpc) is 2.69. The Balaban J connectivity index is 1.42. The van der Waals surface area contributed by atoms with Crippen LogP contribution in [0.2, 0.25) is 0 Å². The minimum atomic E-state index is -0.455. The van der Waals surface area contributed by atoms with Gasteiger partial charge in [-0.1, -0.05) is 42.0 Å². The predicted molar refractivity (Wildman–Crippen MR) is 117 cm³/mol. The zero-order valence-electron chi connectivity index (χ0n) is 17.7. The fourth-order valence-electron chi connectivity index (χ4n) is 4.99. The van der Waals surface area contributed by atoms with Crippen LogP contribution in [0.4, 0.5) is 8.78 Å². The van der Waals surface area contributed by atoms with Crippen molar-refractivity contribution >= 4 is 10.8 Å². The van der Waals surface area contributed by atoms with Crippen LogP contribution in [0.25, 0.3) is 10.8 Å². The van der Waals surface area contributed by atoms with E-state index in [9.17, 15) is 8.78 Å². The van der Waals surface area contributed by atoms with Crippen LogP contribution >= 0.6 is 0 Å². The number of benzene rings is 3. The van der Waals surface area contributed by atoms with Crippen LogP contribution in [0.1, 0.15) is 53.5 Å². The second kappa shape index (κ2) is 8.26. The van der Waals surface area contributed by atoms with Crippen molar-refractivity contribution in [3.8, 4) is 0 Å². The Morgan fingerprint density at radius 2 is 1.34 bits per heavy atom. The maximum atomic E-state index is 14.5. The van der Waals surface area contributed by atoms with Gasteiger partial charge in [0.05, 0.1) is 0 Å². The lowest BCUT2D eigenvalue weighted by atomic mass is 9.77. The van der Waals surface area contributed by atoms with Crippen molar-refractivity contribution in [3.05, 3.63) is 81.9 Å². The van der Waals surface area contributed by atoms with Crippen molar-refractivity contribution in [2.75, 3.05) is 0 Å². The van der Waals surface area contributed by atoms with E-state index in [0.29, 0.717) is 16.7 Å². The Hall–Kier alpha value is -2.22. The van der Waals surface area contributed by atoms with Crippen molar-refractivity contribution in [2.45, 2.75) is 59.3 Å². The third-order valence-electron chi connectivity index (χ3n) is 6.75. The van der Waals surface area contributed by atoms with Crippen LogP contribution in [-0.2, 0) is 12.8 Å². The molecule has 1 aliphatic carbocycles. The van der Waals surface area contributed by atoms with Gasteiger partial charge in [-0.05, 0) is 99.3 Å². The van der Waals surface area contributed by atoms with Crippen LogP contribution in [-0.4, -0.2) is 0 Å². The lowest BCUT2D eigenvalue weighted by Crippen LogP contribution is -2.18. The molecular weight excluding hydrogens is 362 g/mol. The number of hydrogen-bond donors (Lipinski definition) is 0. The molecule has 1 saturated carbocycles. The van der Waals surface area contributed by atoms with Gasteiger partial charge in [-0.2, -0.15) is 0 Å². The molecule has 3 aromatic carbocycles. The molecule has 0 amide bonds. The number of halogens is 2. The minimum absolute atomic E-state index is 0.111. The summed E-state index contributed by atoms with van der Waals surface area (Å²) >= 11 is 0. The lowest BCUT2D eigenvalue weighted by Gasteiger charge is -2.29. The second-order valence-corrected chi connectivity index (χ2v) is 9.09. The molecule has 0 radical (unpaired) electrons. The van der Waals surface area contributed by atoms with Crippen LogP contribution < -0.4 is 0 Å². The predicted octanol–water partition coefficient (Wildman–Crippen LogP) is 7.63. The molecule has 1 fully saturated rings. The van der Waals surface area contributed by atoms with Gasteiger partial charge in [-0.15, -0.1) is 0 Å². The normalized spacial score (nSPS) is 19.6. The molecule has 0 atom stereocenters. The Bertz CT molecular complexity index is 1010. The summed E-state index contributed by atoms with van der Waals surface area (Å²) in [7, 11) is 0. The summed E-state index contributed by atoms with van der Waals surface area (Å²) in [6.07, 6.45) is 7.21. The molecule has 152 valence electrons. The molecule has 0 spiro atoms. The molecule has 4 rings (SSSR count). The van der Waals surface area contributed by atoms with Crippen LogP contribution in [0.15, 0.2) is 42.5 Å². The molecule has 0 saturated heterocycles. The van der Waals surface area contributed by atoms with Crippen molar-refractivity contribution in [1.29, 1.82) is 0 Å². The molecule has 1 aliphatic rings. The number of aryl methyl sites for hydroxylation is 2. The molecule has 29 heavy (non-hydrogen) atoms. The summed E-state index contributed by atoms with van der Waals surface area (Å²) in [6.45, 7) is 5.57. The van der Waals surface area contributed by atoms with E-state index in [2.05, 4.69) is 37.3 Å². The largest absolute Gasteiger partial charge is 0.207 e. The maximum Gasteiger partial charge on any atom is 0.137 e. The molecule has 2 heteroatoms. The van der Waals surface area contributed by atoms with E-state index in [1.807, 2.05) is 13.0 Å². The Morgan fingerprint density at radius 3 is 1.97 bits per heavy atom. The highest BCUT2D eigenvalue weighted by Gasteiger charge is 2.22. The van der Waals surface area contributed by atoms with E-state index < -0.39 is 11.6 Å².